The van der Waals surface area contributed by atoms with Crippen molar-refractivity contribution < 1.29 is 4.79 Å². The predicted octanol–water partition coefficient (Wildman–Crippen LogP) is 3.75. The van der Waals surface area contributed by atoms with Crippen molar-refractivity contribution in [2.75, 3.05) is 35.2 Å². The summed E-state index contributed by atoms with van der Waals surface area (Å²) >= 11 is 1.52. The molecule has 7 heteroatoms. The summed E-state index contributed by atoms with van der Waals surface area (Å²) in [7, 11) is 0. The van der Waals surface area contributed by atoms with Gasteiger partial charge in [-0.2, -0.15) is 0 Å². The summed E-state index contributed by atoms with van der Waals surface area (Å²) in [6, 6.07) is 10.4. The summed E-state index contributed by atoms with van der Waals surface area (Å²) in [6.45, 7) is 4.80. The van der Waals surface area contributed by atoms with Gasteiger partial charge in [0, 0.05) is 31.4 Å². The highest BCUT2D eigenvalue weighted by Crippen LogP contribution is 2.41. The molecular formula is C20H27N5OS. The van der Waals surface area contributed by atoms with Crippen molar-refractivity contribution in [2.45, 2.75) is 50.2 Å². The molecule has 1 aliphatic heterocycles. The number of aromatic nitrogens is 3. The topological polar surface area (TPSA) is 54.3 Å². The summed E-state index contributed by atoms with van der Waals surface area (Å²) in [4.78, 5) is 17.0. The van der Waals surface area contributed by atoms with E-state index in [9.17, 15) is 4.79 Å². The van der Waals surface area contributed by atoms with E-state index in [-0.39, 0.29) is 5.91 Å². The molecule has 6 nitrogen and oxygen atoms in total. The van der Waals surface area contributed by atoms with Gasteiger partial charge >= 0.3 is 0 Å². The van der Waals surface area contributed by atoms with E-state index in [1.54, 1.807) is 0 Å². The molecule has 4 rings (SSSR count). The molecule has 0 radical (unpaired) electrons. The number of amides is 1. The Labute approximate surface area is 164 Å². The maximum atomic E-state index is 12.8. The van der Waals surface area contributed by atoms with Crippen LogP contribution in [0.1, 0.15) is 45.1 Å². The minimum absolute atomic E-state index is 0.110. The monoisotopic (exact) mass is 385 g/mol. The second-order valence-corrected chi connectivity index (χ2v) is 8.14. The minimum atomic E-state index is 0.110. The maximum absolute atomic E-state index is 12.8. The molecule has 1 saturated carbocycles. The number of para-hydroxylation sites is 1. The Hall–Kier alpha value is -2.02. The van der Waals surface area contributed by atoms with E-state index in [1.807, 2.05) is 42.2 Å². The number of nitrogens with zero attached hydrogens (tertiary/aromatic N) is 5. The van der Waals surface area contributed by atoms with Gasteiger partial charge in [0.2, 0.25) is 11.9 Å². The van der Waals surface area contributed by atoms with Crippen LogP contribution in [0.2, 0.25) is 0 Å². The smallest absolute Gasteiger partial charge is 0.237 e. The number of thioether (sulfide) groups is 1. The van der Waals surface area contributed by atoms with Crippen LogP contribution in [0.15, 0.2) is 35.5 Å². The molecule has 0 N–H and O–H groups in total. The molecular weight excluding hydrogens is 358 g/mol. The number of benzene rings is 1. The zero-order chi connectivity index (χ0) is 18.6. The second kappa shape index (κ2) is 8.33. The molecule has 1 aromatic carbocycles. The van der Waals surface area contributed by atoms with Gasteiger partial charge in [-0.25, -0.2) is 0 Å². The Morgan fingerprint density at radius 3 is 2.56 bits per heavy atom. The Morgan fingerprint density at radius 2 is 1.89 bits per heavy atom. The van der Waals surface area contributed by atoms with E-state index in [0.29, 0.717) is 18.3 Å². The second-order valence-electron chi connectivity index (χ2n) is 7.19. The summed E-state index contributed by atoms with van der Waals surface area (Å²) in [6.07, 6.45) is 6.12. The van der Waals surface area contributed by atoms with Crippen molar-refractivity contribution in [1.29, 1.82) is 0 Å². The predicted molar refractivity (Wildman–Crippen MR) is 110 cm³/mol. The Balaban J connectivity index is 1.46. The van der Waals surface area contributed by atoms with Crippen LogP contribution in [0.4, 0.5) is 11.6 Å². The molecule has 0 bridgehead atoms. The maximum Gasteiger partial charge on any atom is 0.237 e. The highest BCUT2D eigenvalue weighted by Gasteiger charge is 2.32. The van der Waals surface area contributed by atoms with Gasteiger partial charge in [-0.3, -0.25) is 9.36 Å². The molecule has 0 unspecified atom stereocenters. The van der Waals surface area contributed by atoms with Crippen molar-refractivity contribution in [3.05, 3.63) is 30.3 Å². The summed E-state index contributed by atoms with van der Waals surface area (Å²) < 4.78 is 2.28. The third kappa shape index (κ3) is 4.13. The van der Waals surface area contributed by atoms with Crippen molar-refractivity contribution in [2.24, 2.45) is 0 Å². The van der Waals surface area contributed by atoms with Crippen LogP contribution in [0.5, 0.6) is 0 Å². The molecule has 27 heavy (non-hydrogen) atoms. The summed E-state index contributed by atoms with van der Waals surface area (Å²) in [5.74, 6) is 1.49. The van der Waals surface area contributed by atoms with E-state index in [4.69, 9.17) is 0 Å². The van der Waals surface area contributed by atoms with Crippen LogP contribution in [0.25, 0.3) is 0 Å². The normalized spacial score (nSPS) is 17.1. The standard InChI is InChI=1S/C20H27N5OS/c1-2-24(16-9-5-3-6-10-16)18(26)15-27-20-22-21-19(25(20)17-11-12-17)23-13-7-4-8-14-23/h3,5-6,9-10,17H,2,4,7-8,11-15H2,1H3. The SMILES string of the molecule is CCN(C(=O)CSc1nnc(N2CCCCC2)n1C1CC1)c1ccccc1. The van der Waals surface area contributed by atoms with Gasteiger partial charge in [0.15, 0.2) is 5.16 Å². The number of hydrogen-bond acceptors (Lipinski definition) is 5. The lowest BCUT2D eigenvalue weighted by molar-refractivity contribution is -0.116. The molecule has 2 aromatic rings. The average molecular weight is 386 g/mol. The fourth-order valence-electron chi connectivity index (χ4n) is 3.64. The largest absolute Gasteiger partial charge is 0.341 e. The molecule has 1 aliphatic carbocycles. The van der Waals surface area contributed by atoms with E-state index >= 15 is 0 Å². The number of carbonyl (C=O) groups is 1. The van der Waals surface area contributed by atoms with Gasteiger partial charge in [-0.05, 0) is 51.2 Å². The van der Waals surface area contributed by atoms with Gasteiger partial charge in [-0.1, -0.05) is 30.0 Å². The highest BCUT2D eigenvalue weighted by molar-refractivity contribution is 7.99. The summed E-state index contributed by atoms with van der Waals surface area (Å²) in [5, 5.41) is 9.83. The van der Waals surface area contributed by atoms with E-state index in [1.165, 1.54) is 43.9 Å². The first-order valence-corrected chi connectivity index (χ1v) is 10.9. The highest BCUT2D eigenvalue weighted by atomic mass is 32.2. The van der Waals surface area contributed by atoms with Crippen LogP contribution in [-0.4, -0.2) is 46.1 Å². The molecule has 0 atom stereocenters. The Morgan fingerprint density at radius 1 is 1.15 bits per heavy atom. The summed E-state index contributed by atoms with van der Waals surface area (Å²) in [5.41, 5.74) is 0.947. The van der Waals surface area contributed by atoms with Crippen LogP contribution in [0, 0.1) is 0 Å². The average Bonchev–Trinajstić information content (AvgIpc) is 3.47. The third-order valence-corrected chi connectivity index (χ3v) is 6.14. The lowest BCUT2D eigenvalue weighted by atomic mass is 10.1. The van der Waals surface area contributed by atoms with E-state index in [0.717, 1.165) is 29.9 Å². The fourth-order valence-corrected chi connectivity index (χ4v) is 4.52. The molecule has 2 heterocycles. The van der Waals surface area contributed by atoms with Gasteiger partial charge in [0.25, 0.3) is 0 Å². The quantitative estimate of drug-likeness (QED) is 0.680. The van der Waals surface area contributed by atoms with Crippen molar-refractivity contribution in [3.63, 3.8) is 0 Å². The minimum Gasteiger partial charge on any atom is -0.341 e. The number of carbonyl (C=O) groups excluding carboxylic acids is 1. The van der Waals surface area contributed by atoms with Crippen LogP contribution in [0.3, 0.4) is 0 Å². The molecule has 1 aromatic heterocycles. The first-order valence-electron chi connectivity index (χ1n) is 9.96. The number of rotatable bonds is 7. The molecule has 144 valence electrons. The zero-order valence-corrected chi connectivity index (χ0v) is 16.7. The van der Waals surface area contributed by atoms with Gasteiger partial charge in [0.05, 0.1) is 5.75 Å². The van der Waals surface area contributed by atoms with Gasteiger partial charge in [-0.15, -0.1) is 10.2 Å². The number of anilines is 2. The van der Waals surface area contributed by atoms with Crippen molar-refractivity contribution in [3.8, 4) is 0 Å². The van der Waals surface area contributed by atoms with Gasteiger partial charge in [0.1, 0.15) is 0 Å². The van der Waals surface area contributed by atoms with Crippen molar-refractivity contribution >= 4 is 29.3 Å². The molecule has 1 saturated heterocycles. The molecule has 1 amide bonds. The first-order chi connectivity index (χ1) is 13.3. The third-order valence-electron chi connectivity index (χ3n) is 5.21. The van der Waals surface area contributed by atoms with Crippen molar-refractivity contribution in [1.82, 2.24) is 14.8 Å². The Kier molecular flexibility index (Phi) is 5.66. The van der Waals surface area contributed by atoms with E-state index < -0.39 is 0 Å². The first kappa shape index (κ1) is 18.3. The van der Waals surface area contributed by atoms with Gasteiger partial charge < -0.3 is 9.80 Å². The molecule has 2 aliphatic rings. The lowest BCUT2D eigenvalue weighted by Crippen LogP contribution is -2.32. The molecule has 0 spiro atoms. The fraction of sp³-hybridized carbons (Fsp3) is 0.550. The van der Waals surface area contributed by atoms with E-state index in [2.05, 4.69) is 19.7 Å². The lowest BCUT2D eigenvalue weighted by Gasteiger charge is -2.27. The zero-order valence-electron chi connectivity index (χ0n) is 15.9. The van der Waals surface area contributed by atoms with Crippen LogP contribution in [-0.2, 0) is 4.79 Å². The molecule has 2 fully saturated rings. The number of piperidine rings is 1. The Bertz CT molecular complexity index is 768. The van der Waals surface area contributed by atoms with Crippen LogP contribution >= 0.6 is 11.8 Å². The van der Waals surface area contributed by atoms with Crippen LogP contribution < -0.4 is 9.80 Å². The number of hydrogen-bond donors (Lipinski definition) is 0.